The van der Waals surface area contributed by atoms with Crippen LogP contribution in [0.15, 0.2) is 36.5 Å². The van der Waals surface area contributed by atoms with Crippen molar-refractivity contribution < 1.29 is 34.1 Å². The van der Waals surface area contributed by atoms with Crippen molar-refractivity contribution in [3.8, 4) is 0 Å². The Morgan fingerprint density at radius 1 is 0.574 bits per heavy atom. The van der Waals surface area contributed by atoms with Crippen LogP contribution in [0.5, 0.6) is 0 Å². The van der Waals surface area contributed by atoms with Crippen molar-refractivity contribution in [2.24, 2.45) is 0 Å². The van der Waals surface area contributed by atoms with E-state index < -0.39 is 24.5 Å². The SMILES string of the molecule is CCCCC/C=C\C/C=C\C/C=C\C(CCCCCCCC(=O)NCC(=O)NC(CO)C(=O)O)OC(=O)CCCCCCCCCCCCCCCCC. The number of ether oxygens (including phenoxy) is 1. The number of amides is 2. The van der Waals surface area contributed by atoms with E-state index >= 15 is 0 Å². The molecule has 0 spiro atoms. The van der Waals surface area contributed by atoms with Gasteiger partial charge in [-0.25, -0.2) is 4.79 Å². The molecule has 4 N–H and O–H groups in total. The van der Waals surface area contributed by atoms with Gasteiger partial charge >= 0.3 is 11.9 Å². The molecule has 54 heavy (non-hydrogen) atoms. The lowest BCUT2D eigenvalue weighted by Crippen LogP contribution is -2.47. The lowest BCUT2D eigenvalue weighted by Gasteiger charge is -2.15. The van der Waals surface area contributed by atoms with E-state index in [-0.39, 0.29) is 30.9 Å². The van der Waals surface area contributed by atoms with Crippen molar-refractivity contribution in [1.82, 2.24) is 10.6 Å². The van der Waals surface area contributed by atoms with Crippen LogP contribution in [0.1, 0.15) is 200 Å². The normalized spacial score (nSPS) is 12.8. The lowest BCUT2D eigenvalue weighted by molar-refractivity contribution is -0.147. The van der Waals surface area contributed by atoms with E-state index in [2.05, 4.69) is 54.9 Å². The van der Waals surface area contributed by atoms with Gasteiger partial charge in [0.1, 0.15) is 12.1 Å². The molecule has 0 saturated carbocycles. The average molecular weight is 761 g/mol. The predicted molar refractivity (Wildman–Crippen MR) is 222 cm³/mol. The fourth-order valence-electron chi connectivity index (χ4n) is 6.23. The topological polar surface area (TPSA) is 142 Å². The number of rotatable bonds is 39. The second kappa shape index (κ2) is 39.7. The van der Waals surface area contributed by atoms with Crippen LogP contribution < -0.4 is 10.6 Å². The zero-order chi connectivity index (χ0) is 39.7. The minimum atomic E-state index is -1.39. The Bertz CT molecular complexity index is 1010. The number of carbonyl (C=O) groups is 4. The molecule has 0 aliphatic rings. The number of aliphatic hydroxyl groups excluding tert-OH is 1. The maximum atomic E-state index is 12.7. The van der Waals surface area contributed by atoms with E-state index in [9.17, 15) is 19.2 Å². The van der Waals surface area contributed by atoms with Gasteiger partial charge in [0, 0.05) is 12.8 Å². The van der Waals surface area contributed by atoms with E-state index in [1.165, 1.54) is 103 Å². The van der Waals surface area contributed by atoms with Crippen LogP contribution in [0, 0.1) is 0 Å². The van der Waals surface area contributed by atoms with Crippen molar-refractivity contribution in [3.63, 3.8) is 0 Å². The van der Waals surface area contributed by atoms with Gasteiger partial charge in [-0.3, -0.25) is 14.4 Å². The first-order valence-electron chi connectivity index (χ1n) is 21.9. The number of aliphatic carboxylic acids is 1. The molecule has 0 aliphatic heterocycles. The van der Waals surface area contributed by atoms with Gasteiger partial charge in [0.2, 0.25) is 11.8 Å². The van der Waals surface area contributed by atoms with E-state index in [0.717, 1.165) is 64.2 Å². The van der Waals surface area contributed by atoms with Gasteiger partial charge in [0.25, 0.3) is 0 Å². The molecule has 0 radical (unpaired) electrons. The molecule has 2 unspecified atom stereocenters. The number of allylic oxidation sites excluding steroid dienone is 5. The predicted octanol–water partition coefficient (Wildman–Crippen LogP) is 10.6. The summed E-state index contributed by atoms with van der Waals surface area (Å²) in [5, 5.41) is 22.5. The number of aliphatic hydroxyl groups is 1. The zero-order valence-corrected chi connectivity index (χ0v) is 34.5. The molecule has 9 heteroatoms. The molecule has 0 aromatic heterocycles. The summed E-state index contributed by atoms with van der Waals surface area (Å²) in [4.78, 5) is 47.5. The molecule has 0 rings (SSSR count). The number of unbranched alkanes of at least 4 members (excludes halogenated alkanes) is 21. The lowest BCUT2D eigenvalue weighted by atomic mass is 10.0. The average Bonchev–Trinajstić information content (AvgIpc) is 3.15. The Balaban J connectivity index is 4.37. The maximum absolute atomic E-state index is 12.7. The zero-order valence-electron chi connectivity index (χ0n) is 34.5. The summed E-state index contributed by atoms with van der Waals surface area (Å²) in [5.74, 6) is -2.38. The minimum Gasteiger partial charge on any atom is -0.480 e. The highest BCUT2D eigenvalue weighted by Crippen LogP contribution is 2.16. The van der Waals surface area contributed by atoms with Crippen molar-refractivity contribution in [1.29, 1.82) is 0 Å². The standard InChI is InChI=1S/C45H80N2O7/c1-3-5-7-9-11-13-15-16-17-18-20-22-24-29-33-37-44(51)54-40(34-30-26-23-21-19-14-12-10-8-6-4-2)35-31-27-25-28-32-36-42(49)46-38-43(50)47-41(39-48)45(52)53/h12,14,21,23,30,34,40-41,48H,3-11,13,15-20,22,24-29,31-33,35-39H2,1-2H3,(H,46,49)(H,47,50)(H,52,53)/b14-12-,23-21-,34-30-. The number of carboxylic acids is 1. The molecule has 2 amide bonds. The molecule has 9 nitrogen and oxygen atoms in total. The summed E-state index contributed by atoms with van der Waals surface area (Å²) >= 11 is 0. The Labute approximate surface area is 329 Å². The first-order valence-corrected chi connectivity index (χ1v) is 21.9. The van der Waals surface area contributed by atoms with Crippen molar-refractivity contribution in [2.45, 2.75) is 212 Å². The first kappa shape index (κ1) is 51.1. The first-order chi connectivity index (χ1) is 26.3. The highest BCUT2D eigenvalue weighted by Gasteiger charge is 2.18. The summed E-state index contributed by atoms with van der Waals surface area (Å²) in [6.07, 6.45) is 44.7. The quantitative estimate of drug-likeness (QED) is 0.0277. The molecule has 0 aromatic carbocycles. The molecule has 0 bridgehead atoms. The smallest absolute Gasteiger partial charge is 0.328 e. The number of carbonyl (C=O) groups excluding carboxylic acids is 3. The van der Waals surface area contributed by atoms with Gasteiger partial charge in [0.15, 0.2) is 0 Å². The fourth-order valence-corrected chi connectivity index (χ4v) is 6.23. The number of carboxylic acid groups (broad SMARTS) is 1. The number of nitrogens with one attached hydrogen (secondary N) is 2. The Hall–Kier alpha value is -2.94. The fraction of sp³-hybridized carbons (Fsp3) is 0.778. The monoisotopic (exact) mass is 761 g/mol. The highest BCUT2D eigenvalue weighted by molar-refractivity contribution is 5.87. The molecular weight excluding hydrogens is 681 g/mol. The Morgan fingerprint density at radius 3 is 1.61 bits per heavy atom. The van der Waals surface area contributed by atoms with Crippen LogP contribution in [0.25, 0.3) is 0 Å². The van der Waals surface area contributed by atoms with Crippen molar-refractivity contribution >= 4 is 23.8 Å². The van der Waals surface area contributed by atoms with Gasteiger partial charge in [-0.15, -0.1) is 0 Å². The molecule has 0 fully saturated rings. The molecule has 0 heterocycles. The molecule has 0 aliphatic carbocycles. The highest BCUT2D eigenvalue weighted by atomic mass is 16.5. The molecular formula is C45H80N2O7. The van der Waals surface area contributed by atoms with E-state index in [4.69, 9.17) is 14.9 Å². The third-order valence-electron chi connectivity index (χ3n) is 9.62. The summed E-state index contributed by atoms with van der Waals surface area (Å²) < 4.78 is 5.92. The molecule has 312 valence electrons. The van der Waals surface area contributed by atoms with Crippen molar-refractivity contribution in [2.75, 3.05) is 13.2 Å². The summed E-state index contributed by atoms with van der Waals surface area (Å²) in [6, 6.07) is -1.39. The van der Waals surface area contributed by atoms with Crippen LogP contribution in [-0.2, 0) is 23.9 Å². The van der Waals surface area contributed by atoms with E-state index in [1.54, 1.807) is 0 Å². The van der Waals surface area contributed by atoms with Crippen molar-refractivity contribution in [3.05, 3.63) is 36.5 Å². The minimum absolute atomic E-state index is 0.113. The summed E-state index contributed by atoms with van der Waals surface area (Å²) in [7, 11) is 0. The third-order valence-corrected chi connectivity index (χ3v) is 9.62. The van der Waals surface area contributed by atoms with Crippen LogP contribution in [0.2, 0.25) is 0 Å². The Kier molecular flexibility index (Phi) is 37.6. The number of esters is 1. The second-order valence-electron chi connectivity index (χ2n) is 14.8. The summed E-state index contributed by atoms with van der Waals surface area (Å²) in [5.41, 5.74) is 0. The Morgan fingerprint density at radius 2 is 1.06 bits per heavy atom. The number of hydrogen-bond donors (Lipinski definition) is 4. The van der Waals surface area contributed by atoms with Crippen LogP contribution in [-0.4, -0.2) is 59.3 Å². The summed E-state index contributed by atoms with van der Waals surface area (Å²) in [6.45, 7) is 3.44. The van der Waals surface area contributed by atoms with Gasteiger partial charge in [0.05, 0.1) is 13.2 Å². The second-order valence-corrected chi connectivity index (χ2v) is 14.8. The van der Waals surface area contributed by atoms with E-state index in [1.807, 2.05) is 6.08 Å². The largest absolute Gasteiger partial charge is 0.480 e. The van der Waals surface area contributed by atoms with Gasteiger partial charge in [-0.05, 0) is 57.4 Å². The molecule has 0 aromatic rings. The van der Waals surface area contributed by atoms with Gasteiger partial charge in [-0.2, -0.15) is 0 Å². The molecule has 2 atom stereocenters. The third kappa shape index (κ3) is 36.1. The molecule has 0 saturated heterocycles. The number of hydrogen-bond acceptors (Lipinski definition) is 6. The van der Waals surface area contributed by atoms with Crippen LogP contribution in [0.4, 0.5) is 0 Å². The van der Waals surface area contributed by atoms with Gasteiger partial charge < -0.3 is 25.6 Å². The van der Waals surface area contributed by atoms with Gasteiger partial charge in [-0.1, -0.05) is 166 Å². The van der Waals surface area contributed by atoms with Crippen LogP contribution >= 0.6 is 0 Å². The van der Waals surface area contributed by atoms with E-state index in [0.29, 0.717) is 12.8 Å². The maximum Gasteiger partial charge on any atom is 0.328 e. The van der Waals surface area contributed by atoms with Crippen LogP contribution in [0.3, 0.4) is 0 Å².